The maximum Gasteiger partial charge on any atom is 0.254 e. The molecule has 7 heteroatoms. The highest BCUT2D eigenvalue weighted by atomic mass is 16.5. The van der Waals surface area contributed by atoms with Crippen LogP contribution in [0.1, 0.15) is 22.8 Å². The Morgan fingerprint density at radius 3 is 2.62 bits per heavy atom. The zero-order valence-electron chi connectivity index (χ0n) is 15.3. The van der Waals surface area contributed by atoms with Crippen molar-refractivity contribution in [1.82, 2.24) is 9.80 Å². The number of nitrogens with one attached hydrogen (secondary N) is 1. The summed E-state index contributed by atoms with van der Waals surface area (Å²) < 4.78 is 5.28. The van der Waals surface area contributed by atoms with Gasteiger partial charge < -0.3 is 19.9 Å². The van der Waals surface area contributed by atoms with Gasteiger partial charge >= 0.3 is 0 Å². The number of morpholine rings is 1. The lowest BCUT2D eigenvalue weighted by Gasteiger charge is -2.27. The fourth-order valence-corrected chi connectivity index (χ4v) is 2.78. The number of benzene rings is 1. The topological polar surface area (TPSA) is 79.0 Å². The van der Waals surface area contributed by atoms with Gasteiger partial charge in [-0.05, 0) is 37.6 Å². The van der Waals surface area contributed by atoms with Gasteiger partial charge in [-0.2, -0.15) is 0 Å². The minimum atomic E-state index is -0.318. The number of amides is 3. The molecule has 0 aromatic heterocycles. The van der Waals surface area contributed by atoms with Crippen LogP contribution in [0.3, 0.4) is 0 Å². The maximum atomic E-state index is 12.7. The molecule has 1 aromatic rings. The summed E-state index contributed by atoms with van der Waals surface area (Å²) in [5, 5.41) is 2.79. The second-order valence-electron chi connectivity index (χ2n) is 5.99. The number of rotatable bonds is 6. The molecular formula is C19H25N3O4. The lowest BCUT2D eigenvalue weighted by molar-refractivity contribution is -0.130. The standard InChI is InChI=1S/C19H25N3O4/c1-4-18(24)21(5-2)13-17(23)20-16-8-6-7-15(14(16)3)19(25)22-9-11-26-12-10-22/h4,6-8H,1,5,9-13H2,2-3H3,(H,20,23). The third-order valence-electron chi connectivity index (χ3n) is 4.34. The summed E-state index contributed by atoms with van der Waals surface area (Å²) in [7, 11) is 0. The number of carbonyl (C=O) groups excluding carboxylic acids is 3. The van der Waals surface area contributed by atoms with Crippen LogP contribution < -0.4 is 5.32 Å². The Hall–Kier alpha value is -2.67. The van der Waals surface area contributed by atoms with Gasteiger partial charge in [-0.1, -0.05) is 12.6 Å². The zero-order chi connectivity index (χ0) is 19.1. The Morgan fingerprint density at radius 2 is 2.00 bits per heavy atom. The molecule has 0 saturated carbocycles. The first-order chi connectivity index (χ1) is 12.5. The van der Waals surface area contributed by atoms with Crippen molar-refractivity contribution >= 4 is 23.4 Å². The zero-order valence-corrected chi connectivity index (χ0v) is 15.3. The molecule has 26 heavy (non-hydrogen) atoms. The van der Waals surface area contributed by atoms with Crippen molar-refractivity contribution in [3.05, 3.63) is 42.0 Å². The van der Waals surface area contributed by atoms with Crippen molar-refractivity contribution in [3.8, 4) is 0 Å². The van der Waals surface area contributed by atoms with Crippen LogP contribution in [-0.2, 0) is 14.3 Å². The van der Waals surface area contributed by atoms with Gasteiger partial charge in [-0.25, -0.2) is 0 Å². The Morgan fingerprint density at radius 1 is 1.31 bits per heavy atom. The molecule has 1 heterocycles. The second-order valence-corrected chi connectivity index (χ2v) is 5.99. The number of anilines is 1. The van der Waals surface area contributed by atoms with E-state index in [9.17, 15) is 14.4 Å². The molecule has 1 N–H and O–H groups in total. The Labute approximate surface area is 153 Å². The van der Waals surface area contributed by atoms with Crippen LogP contribution >= 0.6 is 0 Å². The van der Waals surface area contributed by atoms with Crippen LogP contribution in [0.2, 0.25) is 0 Å². The predicted octanol–water partition coefficient (Wildman–Crippen LogP) is 1.44. The minimum Gasteiger partial charge on any atom is -0.378 e. The van der Waals surface area contributed by atoms with Gasteiger partial charge in [0.15, 0.2) is 0 Å². The number of nitrogens with zero attached hydrogens (tertiary/aromatic N) is 2. The monoisotopic (exact) mass is 359 g/mol. The van der Waals surface area contributed by atoms with E-state index in [1.807, 2.05) is 0 Å². The summed E-state index contributed by atoms with van der Waals surface area (Å²) in [6.07, 6.45) is 1.18. The van der Waals surface area contributed by atoms with Gasteiger partial charge in [0.05, 0.1) is 13.2 Å². The molecule has 1 aliphatic rings. The summed E-state index contributed by atoms with van der Waals surface area (Å²) in [4.78, 5) is 39.8. The van der Waals surface area contributed by atoms with E-state index in [1.165, 1.54) is 11.0 Å². The summed E-state index contributed by atoms with van der Waals surface area (Å²) in [6.45, 7) is 9.56. The number of ether oxygens (including phenoxy) is 1. The van der Waals surface area contributed by atoms with E-state index in [1.54, 1.807) is 36.9 Å². The fraction of sp³-hybridized carbons (Fsp3) is 0.421. The van der Waals surface area contributed by atoms with Gasteiger partial charge in [0.1, 0.15) is 6.54 Å². The average molecular weight is 359 g/mol. The van der Waals surface area contributed by atoms with E-state index >= 15 is 0 Å². The van der Waals surface area contributed by atoms with Crippen molar-refractivity contribution in [2.24, 2.45) is 0 Å². The van der Waals surface area contributed by atoms with Crippen LogP contribution in [0.4, 0.5) is 5.69 Å². The highest BCUT2D eigenvalue weighted by molar-refractivity contribution is 6.00. The Bertz CT molecular complexity index is 696. The molecule has 1 fully saturated rings. The molecule has 3 amide bonds. The Kier molecular flexibility index (Phi) is 6.91. The van der Waals surface area contributed by atoms with Crippen LogP contribution in [0.15, 0.2) is 30.9 Å². The van der Waals surface area contributed by atoms with E-state index in [0.717, 1.165) is 0 Å². The largest absolute Gasteiger partial charge is 0.378 e. The van der Waals surface area contributed by atoms with Crippen molar-refractivity contribution < 1.29 is 19.1 Å². The highest BCUT2D eigenvalue weighted by Gasteiger charge is 2.21. The first kappa shape index (κ1) is 19.7. The predicted molar refractivity (Wildman–Crippen MR) is 99.0 cm³/mol. The molecule has 1 saturated heterocycles. The maximum absolute atomic E-state index is 12.7. The molecule has 0 aliphatic carbocycles. The van der Waals surface area contributed by atoms with Crippen molar-refractivity contribution in [2.45, 2.75) is 13.8 Å². The molecule has 0 radical (unpaired) electrons. The molecule has 2 rings (SSSR count). The number of carbonyl (C=O) groups is 3. The number of hydrogen-bond acceptors (Lipinski definition) is 4. The van der Waals surface area contributed by atoms with Crippen LogP contribution in [-0.4, -0.2) is 66.9 Å². The van der Waals surface area contributed by atoms with Crippen LogP contribution in [0.5, 0.6) is 0 Å². The van der Waals surface area contributed by atoms with Crippen molar-refractivity contribution in [2.75, 3.05) is 44.7 Å². The molecule has 0 unspecified atom stereocenters. The molecule has 7 nitrogen and oxygen atoms in total. The van der Waals surface area contributed by atoms with E-state index in [2.05, 4.69) is 11.9 Å². The normalized spacial score (nSPS) is 13.8. The van der Waals surface area contributed by atoms with E-state index in [0.29, 0.717) is 49.7 Å². The lowest BCUT2D eigenvalue weighted by atomic mass is 10.0. The van der Waals surface area contributed by atoms with E-state index in [-0.39, 0.29) is 24.3 Å². The second kappa shape index (κ2) is 9.15. The first-order valence-corrected chi connectivity index (χ1v) is 8.65. The third kappa shape index (κ3) is 4.70. The summed E-state index contributed by atoms with van der Waals surface area (Å²) in [5.74, 6) is -0.685. The molecular weight excluding hydrogens is 334 g/mol. The van der Waals surface area contributed by atoms with Crippen molar-refractivity contribution in [3.63, 3.8) is 0 Å². The highest BCUT2D eigenvalue weighted by Crippen LogP contribution is 2.21. The van der Waals surface area contributed by atoms with Crippen molar-refractivity contribution in [1.29, 1.82) is 0 Å². The molecule has 1 aliphatic heterocycles. The molecule has 0 spiro atoms. The SMILES string of the molecule is C=CC(=O)N(CC)CC(=O)Nc1cccc(C(=O)N2CCOCC2)c1C. The quantitative estimate of drug-likeness (QED) is 0.780. The fourth-order valence-electron chi connectivity index (χ4n) is 2.78. The van der Waals surface area contributed by atoms with E-state index < -0.39 is 0 Å². The Balaban J connectivity index is 2.10. The average Bonchev–Trinajstić information content (AvgIpc) is 2.67. The number of likely N-dealkylation sites (N-methyl/N-ethyl adjacent to an activating group) is 1. The molecule has 0 atom stereocenters. The summed E-state index contributed by atoms with van der Waals surface area (Å²) in [5.41, 5.74) is 1.82. The van der Waals surface area contributed by atoms with Gasteiger partial charge in [0.25, 0.3) is 5.91 Å². The lowest BCUT2D eigenvalue weighted by Crippen LogP contribution is -2.41. The summed E-state index contributed by atoms with van der Waals surface area (Å²) in [6, 6.07) is 5.24. The molecule has 1 aromatic carbocycles. The van der Waals surface area contributed by atoms with Gasteiger partial charge in [0.2, 0.25) is 11.8 Å². The summed E-state index contributed by atoms with van der Waals surface area (Å²) >= 11 is 0. The third-order valence-corrected chi connectivity index (χ3v) is 4.34. The molecule has 0 bridgehead atoms. The number of hydrogen-bond donors (Lipinski definition) is 1. The van der Waals surface area contributed by atoms with E-state index in [4.69, 9.17) is 4.74 Å². The van der Waals surface area contributed by atoms with Gasteiger partial charge in [0, 0.05) is 30.9 Å². The van der Waals surface area contributed by atoms with Gasteiger partial charge in [-0.15, -0.1) is 0 Å². The van der Waals surface area contributed by atoms with Crippen LogP contribution in [0, 0.1) is 6.92 Å². The first-order valence-electron chi connectivity index (χ1n) is 8.65. The molecule has 140 valence electrons. The van der Waals surface area contributed by atoms with Gasteiger partial charge in [-0.3, -0.25) is 14.4 Å². The van der Waals surface area contributed by atoms with Crippen LogP contribution in [0.25, 0.3) is 0 Å². The smallest absolute Gasteiger partial charge is 0.254 e. The minimum absolute atomic E-state index is 0.0670.